The third-order valence-electron chi connectivity index (χ3n) is 3.47. The summed E-state index contributed by atoms with van der Waals surface area (Å²) in [6.07, 6.45) is 1.34. The molecule has 0 amide bonds. The Morgan fingerprint density at radius 2 is 2.24 bits per heavy atom. The number of amidine groups is 1. The summed E-state index contributed by atoms with van der Waals surface area (Å²) in [5, 5.41) is 7.44. The molecular formula is C13H18BrN3. The van der Waals surface area contributed by atoms with E-state index in [-0.39, 0.29) is 5.84 Å². The van der Waals surface area contributed by atoms with Crippen LogP contribution in [0.15, 0.2) is 22.7 Å². The summed E-state index contributed by atoms with van der Waals surface area (Å²) in [6, 6.07) is 5.95. The van der Waals surface area contributed by atoms with E-state index in [4.69, 9.17) is 11.1 Å². The number of rotatable bonds is 4. The number of anilines is 1. The molecule has 0 radical (unpaired) electrons. The van der Waals surface area contributed by atoms with E-state index in [0.717, 1.165) is 28.4 Å². The molecule has 92 valence electrons. The first-order valence-electron chi connectivity index (χ1n) is 5.84. The predicted molar refractivity (Wildman–Crippen MR) is 75.7 cm³/mol. The summed E-state index contributed by atoms with van der Waals surface area (Å²) < 4.78 is 0.887. The van der Waals surface area contributed by atoms with Crippen LogP contribution in [0.3, 0.4) is 0 Å². The third kappa shape index (κ3) is 2.80. The quantitative estimate of drug-likeness (QED) is 0.663. The third-order valence-corrected chi connectivity index (χ3v) is 4.12. The molecule has 1 saturated carbocycles. The summed E-state index contributed by atoms with van der Waals surface area (Å²) >= 11 is 3.46. The summed E-state index contributed by atoms with van der Waals surface area (Å²) in [5.74, 6) is 1.81. The Labute approximate surface area is 111 Å². The molecule has 4 heteroatoms. The van der Waals surface area contributed by atoms with E-state index >= 15 is 0 Å². The first-order chi connectivity index (χ1) is 7.99. The zero-order valence-electron chi connectivity index (χ0n) is 10.2. The lowest BCUT2D eigenvalue weighted by Crippen LogP contribution is -2.21. The number of benzene rings is 1. The molecule has 3 nitrogen and oxygen atoms in total. The largest absolute Gasteiger partial charge is 0.384 e. The molecule has 0 aromatic heterocycles. The van der Waals surface area contributed by atoms with Crippen molar-refractivity contribution in [2.75, 3.05) is 18.5 Å². The molecule has 1 aromatic rings. The maximum atomic E-state index is 7.44. The summed E-state index contributed by atoms with van der Waals surface area (Å²) in [5.41, 5.74) is 7.41. The molecule has 0 saturated heterocycles. The van der Waals surface area contributed by atoms with Gasteiger partial charge in [0.2, 0.25) is 0 Å². The van der Waals surface area contributed by atoms with Crippen molar-refractivity contribution in [2.45, 2.75) is 13.3 Å². The standard InChI is InChI=1S/C13H18BrN3/c1-8-5-9(8)7-17(2)10-3-4-11(13(15)16)12(14)6-10/h3-4,6,8-9H,5,7H2,1-2H3,(H3,15,16). The van der Waals surface area contributed by atoms with Gasteiger partial charge in [-0.15, -0.1) is 0 Å². The predicted octanol–water partition coefficient (Wildman–Crippen LogP) is 2.83. The van der Waals surface area contributed by atoms with Gasteiger partial charge in [0.05, 0.1) is 0 Å². The second-order valence-corrected chi connectivity index (χ2v) is 5.79. The molecule has 1 aliphatic rings. The van der Waals surface area contributed by atoms with Crippen LogP contribution in [0.25, 0.3) is 0 Å². The molecule has 0 heterocycles. The lowest BCUT2D eigenvalue weighted by atomic mass is 10.2. The molecule has 1 fully saturated rings. The van der Waals surface area contributed by atoms with Gasteiger partial charge >= 0.3 is 0 Å². The Morgan fingerprint density at radius 1 is 1.59 bits per heavy atom. The minimum atomic E-state index is 0.0990. The monoisotopic (exact) mass is 295 g/mol. The van der Waals surface area contributed by atoms with Crippen molar-refractivity contribution in [3.05, 3.63) is 28.2 Å². The van der Waals surface area contributed by atoms with Gasteiger partial charge in [-0.3, -0.25) is 5.41 Å². The normalized spacial score (nSPS) is 22.3. The fourth-order valence-corrected chi connectivity index (χ4v) is 2.65. The Morgan fingerprint density at radius 3 is 2.71 bits per heavy atom. The van der Waals surface area contributed by atoms with Gasteiger partial charge in [-0.25, -0.2) is 0 Å². The zero-order valence-corrected chi connectivity index (χ0v) is 11.8. The van der Waals surface area contributed by atoms with E-state index in [1.807, 2.05) is 18.2 Å². The van der Waals surface area contributed by atoms with Crippen molar-refractivity contribution >= 4 is 27.5 Å². The van der Waals surface area contributed by atoms with E-state index in [1.165, 1.54) is 12.1 Å². The van der Waals surface area contributed by atoms with Crippen LogP contribution < -0.4 is 10.6 Å². The second kappa shape index (κ2) is 4.69. The molecule has 1 aliphatic carbocycles. The topological polar surface area (TPSA) is 53.1 Å². The number of hydrogen-bond acceptors (Lipinski definition) is 2. The highest BCUT2D eigenvalue weighted by Gasteiger charge is 2.33. The number of hydrogen-bond donors (Lipinski definition) is 2. The van der Waals surface area contributed by atoms with Crippen molar-refractivity contribution in [1.82, 2.24) is 0 Å². The molecule has 2 unspecified atom stereocenters. The van der Waals surface area contributed by atoms with Gasteiger partial charge in [0, 0.05) is 29.3 Å². The number of halogens is 1. The smallest absolute Gasteiger partial charge is 0.123 e. The van der Waals surface area contributed by atoms with Crippen LogP contribution in [0, 0.1) is 17.2 Å². The van der Waals surface area contributed by atoms with E-state index in [1.54, 1.807) is 0 Å². The number of nitrogens with one attached hydrogen (secondary N) is 1. The lowest BCUT2D eigenvalue weighted by molar-refractivity contribution is 0.725. The highest BCUT2D eigenvalue weighted by atomic mass is 79.9. The van der Waals surface area contributed by atoms with Crippen LogP contribution in [0.4, 0.5) is 5.69 Å². The van der Waals surface area contributed by atoms with E-state index in [0.29, 0.717) is 0 Å². The lowest BCUT2D eigenvalue weighted by Gasteiger charge is -2.20. The van der Waals surface area contributed by atoms with Crippen LogP contribution in [0.1, 0.15) is 18.9 Å². The molecule has 17 heavy (non-hydrogen) atoms. The molecule has 0 aliphatic heterocycles. The van der Waals surface area contributed by atoms with E-state index in [2.05, 4.69) is 34.8 Å². The minimum Gasteiger partial charge on any atom is -0.384 e. The molecule has 2 atom stereocenters. The molecule has 2 rings (SSSR count). The number of nitrogen functional groups attached to an aromatic ring is 1. The van der Waals surface area contributed by atoms with Gasteiger partial charge in [0.25, 0.3) is 0 Å². The van der Waals surface area contributed by atoms with E-state index < -0.39 is 0 Å². The second-order valence-electron chi connectivity index (χ2n) is 4.93. The first kappa shape index (κ1) is 12.4. The zero-order chi connectivity index (χ0) is 12.6. The fraction of sp³-hybridized carbons (Fsp3) is 0.462. The van der Waals surface area contributed by atoms with Crippen LogP contribution in [0.5, 0.6) is 0 Å². The summed E-state index contributed by atoms with van der Waals surface area (Å²) in [7, 11) is 2.11. The van der Waals surface area contributed by atoms with Crippen molar-refractivity contribution in [1.29, 1.82) is 5.41 Å². The Kier molecular flexibility index (Phi) is 3.43. The number of nitrogens with two attached hydrogens (primary N) is 1. The van der Waals surface area contributed by atoms with Crippen LogP contribution in [-0.4, -0.2) is 19.4 Å². The number of nitrogens with zero attached hydrogens (tertiary/aromatic N) is 1. The Hall–Kier alpha value is -1.03. The van der Waals surface area contributed by atoms with Crippen LogP contribution in [-0.2, 0) is 0 Å². The van der Waals surface area contributed by atoms with Gasteiger partial charge in [-0.1, -0.05) is 6.92 Å². The molecular weight excluding hydrogens is 278 g/mol. The minimum absolute atomic E-state index is 0.0990. The van der Waals surface area contributed by atoms with Gasteiger partial charge in [0.1, 0.15) is 5.84 Å². The van der Waals surface area contributed by atoms with E-state index in [9.17, 15) is 0 Å². The average Bonchev–Trinajstić information content (AvgIpc) is 2.93. The van der Waals surface area contributed by atoms with Crippen molar-refractivity contribution < 1.29 is 0 Å². The fourth-order valence-electron chi connectivity index (χ4n) is 2.07. The molecule has 0 spiro atoms. The highest BCUT2D eigenvalue weighted by Crippen LogP contribution is 2.38. The summed E-state index contributed by atoms with van der Waals surface area (Å²) in [4.78, 5) is 2.27. The average molecular weight is 296 g/mol. The van der Waals surface area contributed by atoms with Gasteiger partial charge in [-0.2, -0.15) is 0 Å². The highest BCUT2D eigenvalue weighted by molar-refractivity contribution is 9.10. The van der Waals surface area contributed by atoms with Gasteiger partial charge in [0.15, 0.2) is 0 Å². The van der Waals surface area contributed by atoms with Crippen LogP contribution >= 0.6 is 15.9 Å². The maximum absolute atomic E-state index is 7.44. The van der Waals surface area contributed by atoms with Gasteiger partial charge < -0.3 is 10.6 Å². The SMILES string of the molecule is CC1CC1CN(C)c1ccc(C(=N)N)c(Br)c1. The van der Waals surface area contributed by atoms with Crippen molar-refractivity contribution in [2.24, 2.45) is 17.6 Å². The Balaban J connectivity index is 2.10. The van der Waals surface area contributed by atoms with Crippen LogP contribution in [0.2, 0.25) is 0 Å². The van der Waals surface area contributed by atoms with Crippen molar-refractivity contribution in [3.8, 4) is 0 Å². The first-order valence-corrected chi connectivity index (χ1v) is 6.63. The molecule has 1 aromatic carbocycles. The molecule has 0 bridgehead atoms. The summed E-state index contributed by atoms with van der Waals surface area (Å²) in [6.45, 7) is 3.40. The maximum Gasteiger partial charge on any atom is 0.123 e. The van der Waals surface area contributed by atoms with Gasteiger partial charge in [-0.05, 0) is 52.4 Å². The molecule has 3 N–H and O–H groups in total. The Bertz CT molecular complexity index is 444. The van der Waals surface area contributed by atoms with Crippen molar-refractivity contribution in [3.63, 3.8) is 0 Å².